The zero-order chi connectivity index (χ0) is 26.9. The van der Waals surface area contributed by atoms with Crippen LogP contribution in [0.1, 0.15) is 56.6 Å². The molecule has 204 valence electrons. The Hall–Kier alpha value is -3.28. The number of alkyl halides is 1. The molecule has 0 bridgehead atoms. The van der Waals surface area contributed by atoms with Crippen LogP contribution in [-0.4, -0.2) is 82.9 Å². The maximum atomic E-state index is 14.5. The second kappa shape index (κ2) is 11.1. The Balaban J connectivity index is 1.20. The molecule has 0 saturated carbocycles. The summed E-state index contributed by atoms with van der Waals surface area (Å²) >= 11 is 0. The zero-order valence-corrected chi connectivity index (χ0v) is 23.1. The maximum absolute atomic E-state index is 14.5. The van der Waals surface area contributed by atoms with Crippen molar-refractivity contribution in [1.29, 1.82) is 5.26 Å². The van der Waals surface area contributed by atoms with E-state index in [4.69, 9.17) is 4.98 Å². The van der Waals surface area contributed by atoms with Crippen molar-refractivity contribution in [3.63, 3.8) is 0 Å². The van der Waals surface area contributed by atoms with Crippen LogP contribution < -0.4 is 4.90 Å². The van der Waals surface area contributed by atoms with Crippen molar-refractivity contribution in [1.82, 2.24) is 24.4 Å². The predicted molar refractivity (Wildman–Crippen MR) is 153 cm³/mol. The van der Waals surface area contributed by atoms with Gasteiger partial charge in [0.15, 0.2) is 0 Å². The van der Waals surface area contributed by atoms with Gasteiger partial charge in [0.2, 0.25) is 0 Å². The predicted octanol–water partition coefficient (Wildman–Crippen LogP) is 5.04. The molecule has 2 saturated heterocycles. The number of rotatable bonds is 6. The Morgan fingerprint density at radius 1 is 1.08 bits per heavy atom. The van der Waals surface area contributed by atoms with E-state index in [1.54, 1.807) is 6.20 Å². The van der Waals surface area contributed by atoms with Crippen molar-refractivity contribution in [2.24, 2.45) is 0 Å². The molecule has 2 atom stereocenters. The molecule has 0 amide bonds. The molecule has 0 radical (unpaired) electrons. The second-order valence-corrected chi connectivity index (χ2v) is 11.4. The van der Waals surface area contributed by atoms with E-state index < -0.39 is 6.17 Å². The number of nitriles is 1. The SMILES string of the molecule is CCN1CCC(c2cc(-c3ccc(N4CCN(CC5=C(C)CCCC5F)CC4)nc3)c3c(C#N)cnn3c2)C1. The van der Waals surface area contributed by atoms with Gasteiger partial charge in [-0.3, -0.25) is 4.90 Å². The third-order valence-corrected chi connectivity index (χ3v) is 9.03. The van der Waals surface area contributed by atoms with Gasteiger partial charge >= 0.3 is 0 Å². The highest BCUT2D eigenvalue weighted by atomic mass is 19.1. The normalized spacial score (nSPS) is 23.1. The van der Waals surface area contributed by atoms with Gasteiger partial charge in [0.25, 0.3) is 0 Å². The van der Waals surface area contributed by atoms with E-state index in [1.165, 1.54) is 11.1 Å². The maximum Gasteiger partial charge on any atom is 0.128 e. The fourth-order valence-electron chi connectivity index (χ4n) is 6.55. The van der Waals surface area contributed by atoms with Crippen LogP contribution in [0.2, 0.25) is 0 Å². The molecule has 6 rings (SSSR count). The fraction of sp³-hybridized carbons (Fsp3) is 0.516. The number of pyridine rings is 2. The lowest BCUT2D eigenvalue weighted by atomic mass is 9.91. The first kappa shape index (κ1) is 26.0. The van der Waals surface area contributed by atoms with Crippen molar-refractivity contribution in [3.05, 3.63) is 59.1 Å². The molecule has 1 aliphatic carbocycles. The summed E-state index contributed by atoms with van der Waals surface area (Å²) in [6.07, 6.45) is 8.74. The topological polar surface area (TPSA) is 63.7 Å². The number of hydrogen-bond donors (Lipinski definition) is 0. The van der Waals surface area contributed by atoms with Gasteiger partial charge in [-0.15, -0.1) is 0 Å². The van der Waals surface area contributed by atoms with Gasteiger partial charge in [0.1, 0.15) is 18.1 Å². The van der Waals surface area contributed by atoms with Gasteiger partial charge < -0.3 is 9.80 Å². The summed E-state index contributed by atoms with van der Waals surface area (Å²) in [6, 6.07) is 8.78. The quantitative estimate of drug-likeness (QED) is 0.419. The summed E-state index contributed by atoms with van der Waals surface area (Å²) in [5.41, 5.74) is 6.96. The first-order valence-electron chi connectivity index (χ1n) is 14.4. The van der Waals surface area contributed by atoms with Crippen molar-refractivity contribution in [2.75, 3.05) is 57.3 Å². The van der Waals surface area contributed by atoms with Crippen LogP contribution in [0.4, 0.5) is 10.2 Å². The smallest absolute Gasteiger partial charge is 0.128 e. The highest BCUT2D eigenvalue weighted by Crippen LogP contribution is 2.34. The number of allylic oxidation sites excluding steroid dienone is 1. The molecule has 3 aromatic heterocycles. The summed E-state index contributed by atoms with van der Waals surface area (Å²) in [7, 11) is 0. The molecule has 0 spiro atoms. The Bertz CT molecular complexity index is 1390. The number of halogens is 1. The molecule has 7 nitrogen and oxygen atoms in total. The van der Waals surface area contributed by atoms with E-state index in [9.17, 15) is 9.65 Å². The van der Waals surface area contributed by atoms with E-state index in [1.807, 2.05) is 10.7 Å². The van der Waals surface area contributed by atoms with Crippen molar-refractivity contribution >= 4 is 11.3 Å². The largest absolute Gasteiger partial charge is 0.354 e. The Kier molecular flexibility index (Phi) is 7.37. The van der Waals surface area contributed by atoms with E-state index in [-0.39, 0.29) is 0 Å². The molecule has 8 heteroatoms. The van der Waals surface area contributed by atoms with E-state index in [0.717, 1.165) is 99.7 Å². The highest BCUT2D eigenvalue weighted by Gasteiger charge is 2.26. The van der Waals surface area contributed by atoms with E-state index >= 15 is 0 Å². The van der Waals surface area contributed by atoms with Crippen LogP contribution in [-0.2, 0) is 0 Å². The number of aromatic nitrogens is 3. The van der Waals surface area contributed by atoms with Gasteiger partial charge in [-0.2, -0.15) is 10.4 Å². The van der Waals surface area contributed by atoms with Crippen LogP contribution >= 0.6 is 0 Å². The zero-order valence-electron chi connectivity index (χ0n) is 23.1. The average Bonchev–Trinajstić information content (AvgIpc) is 3.62. The van der Waals surface area contributed by atoms with Crippen LogP contribution in [0.25, 0.3) is 16.6 Å². The lowest BCUT2D eigenvalue weighted by Gasteiger charge is -2.37. The van der Waals surface area contributed by atoms with Crippen molar-refractivity contribution in [2.45, 2.75) is 51.6 Å². The molecule has 0 N–H and O–H groups in total. The molecule has 2 unspecified atom stereocenters. The first-order valence-corrected chi connectivity index (χ1v) is 14.4. The fourth-order valence-corrected chi connectivity index (χ4v) is 6.55. The lowest BCUT2D eigenvalue weighted by molar-refractivity contribution is 0.246. The van der Waals surface area contributed by atoms with Gasteiger partial charge in [-0.25, -0.2) is 13.9 Å². The minimum atomic E-state index is -0.771. The van der Waals surface area contributed by atoms with Crippen molar-refractivity contribution < 1.29 is 4.39 Å². The highest BCUT2D eigenvalue weighted by molar-refractivity contribution is 5.84. The Morgan fingerprint density at radius 2 is 1.92 bits per heavy atom. The molecule has 3 aliphatic rings. The molecule has 3 aromatic rings. The van der Waals surface area contributed by atoms with Crippen molar-refractivity contribution in [3.8, 4) is 17.2 Å². The molecular weight excluding hydrogens is 489 g/mol. The van der Waals surface area contributed by atoms with Gasteiger partial charge in [-0.05, 0) is 81.0 Å². The third-order valence-electron chi connectivity index (χ3n) is 9.03. The molecule has 2 aliphatic heterocycles. The lowest BCUT2D eigenvalue weighted by Crippen LogP contribution is -2.47. The monoisotopic (exact) mass is 527 g/mol. The van der Waals surface area contributed by atoms with Crippen LogP contribution in [0.15, 0.2) is 47.9 Å². The number of nitrogens with zero attached hydrogens (tertiary/aromatic N) is 7. The number of piperazine rings is 1. The summed E-state index contributed by atoms with van der Waals surface area (Å²) < 4.78 is 16.4. The van der Waals surface area contributed by atoms with Gasteiger partial charge in [-0.1, -0.05) is 12.5 Å². The summed E-state index contributed by atoms with van der Waals surface area (Å²) in [4.78, 5) is 12.0. The third kappa shape index (κ3) is 5.18. The average molecular weight is 528 g/mol. The van der Waals surface area contributed by atoms with Crippen LogP contribution in [0.5, 0.6) is 0 Å². The first-order chi connectivity index (χ1) is 19.0. The number of fused-ring (bicyclic) bond motifs is 1. The molecule has 2 fully saturated rings. The number of hydrogen-bond acceptors (Lipinski definition) is 6. The molecule has 39 heavy (non-hydrogen) atoms. The number of likely N-dealkylation sites (tertiary alicyclic amines) is 1. The molecule has 5 heterocycles. The van der Waals surface area contributed by atoms with Crippen LogP contribution in [0, 0.1) is 11.3 Å². The Labute approximate surface area is 230 Å². The summed E-state index contributed by atoms with van der Waals surface area (Å²) in [5.74, 6) is 1.43. The Morgan fingerprint density at radius 3 is 2.62 bits per heavy atom. The standard InChI is InChI=1S/C31H38FN7/c1-3-36-10-9-24(19-36)25-15-27(31-26(16-33)18-35-39(31)20-25)23-7-8-30(34-17-23)38-13-11-37(12-14-38)21-28-22(2)5-4-6-29(28)32/h7-8,15,17-18,20,24,29H,3-6,9-14,19,21H2,1-2H3. The summed E-state index contributed by atoms with van der Waals surface area (Å²) in [5, 5.41) is 14.3. The molecule has 0 aromatic carbocycles. The number of likely N-dealkylation sites (N-methyl/N-ethyl adjacent to an activating group) is 1. The number of anilines is 1. The van der Waals surface area contributed by atoms with Gasteiger partial charge in [0, 0.05) is 62.8 Å². The van der Waals surface area contributed by atoms with E-state index in [0.29, 0.717) is 17.9 Å². The second-order valence-electron chi connectivity index (χ2n) is 11.4. The minimum Gasteiger partial charge on any atom is -0.354 e. The summed E-state index contributed by atoms with van der Waals surface area (Å²) in [6.45, 7) is 11.9. The van der Waals surface area contributed by atoms with E-state index in [2.05, 4.69) is 64.1 Å². The minimum absolute atomic E-state index is 0.465. The molecular formula is C31H38FN7. The van der Waals surface area contributed by atoms with Crippen LogP contribution in [0.3, 0.4) is 0 Å². The van der Waals surface area contributed by atoms with Gasteiger partial charge in [0.05, 0.1) is 17.3 Å².